The SMILES string of the molecule is CCCN1C(=O)C2(CC2)Oc2cc(F)c(N3C(=O)c4ccc(F)cc4C3=O)cc21. The molecule has 2 aliphatic heterocycles. The molecule has 0 unspecified atom stereocenters. The number of hydrogen-bond acceptors (Lipinski definition) is 4. The van der Waals surface area contributed by atoms with E-state index in [1.165, 1.54) is 17.0 Å². The summed E-state index contributed by atoms with van der Waals surface area (Å²) in [5.74, 6) is -3.05. The quantitative estimate of drug-likeness (QED) is 0.743. The van der Waals surface area contributed by atoms with Crippen LogP contribution in [0.4, 0.5) is 20.2 Å². The van der Waals surface area contributed by atoms with Crippen LogP contribution < -0.4 is 14.5 Å². The maximum atomic E-state index is 15.0. The summed E-state index contributed by atoms with van der Waals surface area (Å²) in [5, 5.41) is 0. The molecule has 1 spiro atoms. The van der Waals surface area contributed by atoms with Crippen LogP contribution >= 0.6 is 0 Å². The van der Waals surface area contributed by atoms with Crippen molar-refractivity contribution in [1.29, 1.82) is 0 Å². The molecule has 2 aromatic carbocycles. The highest BCUT2D eigenvalue weighted by atomic mass is 19.1. The lowest BCUT2D eigenvalue weighted by Crippen LogP contribution is -2.48. The molecule has 2 heterocycles. The van der Waals surface area contributed by atoms with Gasteiger partial charge in [-0.1, -0.05) is 6.92 Å². The Labute approximate surface area is 164 Å². The summed E-state index contributed by atoms with van der Waals surface area (Å²) in [6, 6.07) is 5.61. The van der Waals surface area contributed by atoms with Gasteiger partial charge < -0.3 is 9.64 Å². The molecule has 29 heavy (non-hydrogen) atoms. The lowest BCUT2D eigenvalue weighted by atomic mass is 10.1. The molecule has 2 aromatic rings. The van der Waals surface area contributed by atoms with Gasteiger partial charge in [-0.05, 0) is 30.7 Å². The van der Waals surface area contributed by atoms with Gasteiger partial charge in [-0.25, -0.2) is 13.7 Å². The molecule has 1 fully saturated rings. The Balaban J connectivity index is 1.62. The molecule has 3 amide bonds. The van der Waals surface area contributed by atoms with Gasteiger partial charge in [-0.15, -0.1) is 0 Å². The zero-order valence-electron chi connectivity index (χ0n) is 15.5. The molecule has 8 heteroatoms. The topological polar surface area (TPSA) is 66.9 Å². The van der Waals surface area contributed by atoms with Gasteiger partial charge in [-0.3, -0.25) is 14.4 Å². The van der Waals surface area contributed by atoms with Crippen molar-refractivity contribution in [2.45, 2.75) is 31.8 Å². The summed E-state index contributed by atoms with van der Waals surface area (Å²) in [6.45, 7) is 2.31. The lowest BCUT2D eigenvalue weighted by molar-refractivity contribution is -0.128. The third-order valence-electron chi connectivity index (χ3n) is 5.50. The normalized spacial score (nSPS) is 18.8. The molecule has 0 aromatic heterocycles. The third kappa shape index (κ3) is 2.41. The van der Waals surface area contributed by atoms with E-state index in [9.17, 15) is 23.2 Å². The van der Waals surface area contributed by atoms with Crippen molar-refractivity contribution in [2.24, 2.45) is 0 Å². The number of hydrogen-bond donors (Lipinski definition) is 0. The van der Waals surface area contributed by atoms with Crippen molar-refractivity contribution in [2.75, 3.05) is 16.3 Å². The molecule has 0 saturated heterocycles. The average Bonchev–Trinajstić information content (AvgIpc) is 3.42. The van der Waals surface area contributed by atoms with E-state index in [2.05, 4.69) is 0 Å². The number of benzene rings is 2. The molecular weight excluding hydrogens is 382 g/mol. The van der Waals surface area contributed by atoms with E-state index in [0.29, 0.717) is 36.4 Å². The van der Waals surface area contributed by atoms with E-state index >= 15 is 0 Å². The van der Waals surface area contributed by atoms with Crippen molar-refractivity contribution in [3.8, 4) is 5.75 Å². The van der Waals surface area contributed by atoms with E-state index in [0.717, 1.165) is 18.2 Å². The lowest BCUT2D eigenvalue weighted by Gasteiger charge is -2.35. The van der Waals surface area contributed by atoms with Gasteiger partial charge in [0.25, 0.3) is 17.7 Å². The Bertz CT molecular complexity index is 1110. The van der Waals surface area contributed by atoms with E-state index in [1.54, 1.807) is 0 Å². The summed E-state index contributed by atoms with van der Waals surface area (Å²) in [6.07, 6.45) is 1.80. The molecule has 0 bridgehead atoms. The van der Waals surface area contributed by atoms with Crippen LogP contribution in [0.25, 0.3) is 0 Å². The number of anilines is 2. The monoisotopic (exact) mass is 398 g/mol. The molecule has 5 rings (SSSR count). The number of imide groups is 1. The van der Waals surface area contributed by atoms with Crippen LogP contribution in [-0.2, 0) is 4.79 Å². The van der Waals surface area contributed by atoms with Gasteiger partial charge in [0.1, 0.15) is 11.6 Å². The second-order valence-corrected chi connectivity index (χ2v) is 7.46. The standard InChI is InChI=1S/C21H16F2N2O4/c1-2-7-24-16-10-15(14(23)9-17(16)29-21(5-6-21)20(24)28)25-18(26)12-4-3-11(22)8-13(12)19(25)27/h3-4,8-10H,2,5-7H2,1H3. The van der Waals surface area contributed by atoms with Crippen LogP contribution in [-0.4, -0.2) is 29.9 Å². The van der Waals surface area contributed by atoms with Crippen molar-refractivity contribution < 1.29 is 27.9 Å². The average molecular weight is 398 g/mol. The molecule has 3 aliphatic rings. The summed E-state index contributed by atoms with van der Waals surface area (Å²) >= 11 is 0. The first-order chi connectivity index (χ1) is 13.9. The molecule has 0 atom stereocenters. The second kappa shape index (κ2) is 5.85. The van der Waals surface area contributed by atoms with Crippen LogP contribution in [0.3, 0.4) is 0 Å². The molecule has 0 radical (unpaired) electrons. The van der Waals surface area contributed by atoms with Crippen molar-refractivity contribution in [1.82, 2.24) is 0 Å². The number of carbonyl (C=O) groups excluding carboxylic acids is 3. The minimum atomic E-state index is -0.927. The maximum Gasteiger partial charge on any atom is 0.271 e. The van der Waals surface area contributed by atoms with E-state index < -0.39 is 29.0 Å². The van der Waals surface area contributed by atoms with Crippen molar-refractivity contribution in [3.05, 3.63) is 53.1 Å². The minimum Gasteiger partial charge on any atom is -0.475 e. The molecule has 6 nitrogen and oxygen atoms in total. The van der Waals surface area contributed by atoms with Crippen LogP contribution in [0, 0.1) is 11.6 Å². The van der Waals surface area contributed by atoms with Gasteiger partial charge >= 0.3 is 0 Å². The molecule has 1 aliphatic carbocycles. The fourth-order valence-electron chi connectivity index (χ4n) is 3.91. The van der Waals surface area contributed by atoms with E-state index in [1.807, 2.05) is 6.92 Å². The number of halogens is 2. The molecule has 148 valence electrons. The van der Waals surface area contributed by atoms with Gasteiger partial charge in [0.2, 0.25) is 0 Å². The number of fused-ring (bicyclic) bond motifs is 2. The fraction of sp³-hybridized carbons (Fsp3) is 0.286. The van der Waals surface area contributed by atoms with E-state index in [4.69, 9.17) is 4.74 Å². The first kappa shape index (κ1) is 17.8. The largest absolute Gasteiger partial charge is 0.475 e. The number of carbonyl (C=O) groups is 3. The van der Waals surface area contributed by atoms with Gasteiger partial charge in [0.15, 0.2) is 11.4 Å². The van der Waals surface area contributed by atoms with Crippen molar-refractivity contribution in [3.63, 3.8) is 0 Å². The number of ether oxygens (including phenoxy) is 1. The Morgan fingerprint density at radius 2 is 1.72 bits per heavy atom. The number of amides is 3. The molecule has 0 N–H and O–H groups in total. The molecule has 1 saturated carbocycles. The highest BCUT2D eigenvalue weighted by Crippen LogP contribution is 2.51. The summed E-state index contributed by atoms with van der Waals surface area (Å²) in [5.41, 5.74) is -1.03. The summed E-state index contributed by atoms with van der Waals surface area (Å²) in [7, 11) is 0. The van der Waals surface area contributed by atoms with Crippen LogP contribution in [0.1, 0.15) is 46.9 Å². The fourth-order valence-corrected chi connectivity index (χ4v) is 3.91. The Morgan fingerprint density at radius 3 is 2.41 bits per heavy atom. The van der Waals surface area contributed by atoms with Crippen LogP contribution in [0.2, 0.25) is 0 Å². The Hall–Kier alpha value is -3.29. The van der Waals surface area contributed by atoms with Crippen LogP contribution in [0.5, 0.6) is 5.75 Å². The predicted octanol–water partition coefficient (Wildman–Crippen LogP) is 3.43. The first-order valence-corrected chi connectivity index (χ1v) is 9.39. The summed E-state index contributed by atoms with van der Waals surface area (Å²) in [4.78, 5) is 40.5. The Kier molecular flexibility index (Phi) is 3.59. The van der Waals surface area contributed by atoms with Crippen molar-refractivity contribution >= 4 is 29.1 Å². The first-order valence-electron chi connectivity index (χ1n) is 9.39. The summed E-state index contributed by atoms with van der Waals surface area (Å²) < 4.78 is 34.3. The molecular formula is C21H16F2N2O4. The van der Waals surface area contributed by atoms with E-state index in [-0.39, 0.29) is 28.5 Å². The smallest absolute Gasteiger partial charge is 0.271 e. The van der Waals surface area contributed by atoms with Gasteiger partial charge in [-0.2, -0.15) is 0 Å². The number of rotatable bonds is 3. The third-order valence-corrected chi connectivity index (χ3v) is 5.50. The second-order valence-electron chi connectivity index (χ2n) is 7.46. The highest BCUT2D eigenvalue weighted by Gasteiger charge is 2.58. The minimum absolute atomic E-state index is 0.00296. The maximum absolute atomic E-state index is 15.0. The predicted molar refractivity (Wildman–Crippen MR) is 99.2 cm³/mol. The number of nitrogens with zero attached hydrogens (tertiary/aromatic N) is 2. The van der Waals surface area contributed by atoms with Gasteiger partial charge in [0, 0.05) is 25.5 Å². The zero-order chi connectivity index (χ0) is 20.5. The van der Waals surface area contributed by atoms with Gasteiger partial charge in [0.05, 0.1) is 22.5 Å². The Morgan fingerprint density at radius 1 is 1.00 bits per heavy atom. The van der Waals surface area contributed by atoms with Crippen LogP contribution in [0.15, 0.2) is 30.3 Å². The zero-order valence-corrected chi connectivity index (χ0v) is 15.5. The highest BCUT2D eigenvalue weighted by molar-refractivity contribution is 6.34.